The summed E-state index contributed by atoms with van der Waals surface area (Å²) >= 11 is 0. The summed E-state index contributed by atoms with van der Waals surface area (Å²) in [5, 5.41) is 0. The first kappa shape index (κ1) is 12.7. The molecular weight excluding hydrogens is 202 g/mol. The minimum Gasteiger partial charge on any atom is -0.460 e. The minimum atomic E-state index is -0.442. The lowest BCUT2D eigenvalue weighted by molar-refractivity contribution is -0.156. The maximum atomic E-state index is 11.8. The molecule has 88 valence electrons. The molecule has 0 radical (unpaired) electrons. The number of hydrogen-bond acceptors (Lipinski definition) is 3. The van der Waals surface area contributed by atoms with Crippen LogP contribution in [0, 0.1) is 6.92 Å². The first-order chi connectivity index (χ1) is 7.29. The van der Waals surface area contributed by atoms with Gasteiger partial charge in [-0.2, -0.15) is 0 Å². The van der Waals surface area contributed by atoms with E-state index in [4.69, 9.17) is 4.74 Å². The Labute approximate surface area is 96.8 Å². The van der Waals surface area contributed by atoms with Crippen LogP contribution in [0.2, 0.25) is 0 Å². The molecule has 0 spiro atoms. The van der Waals surface area contributed by atoms with Gasteiger partial charge in [0.25, 0.3) is 0 Å². The molecule has 0 bridgehead atoms. The molecule has 3 heteroatoms. The van der Waals surface area contributed by atoms with Crippen molar-refractivity contribution < 1.29 is 9.53 Å². The van der Waals surface area contributed by atoms with Crippen LogP contribution in [0.3, 0.4) is 0 Å². The molecule has 1 atom stereocenters. The Morgan fingerprint density at radius 2 is 2.00 bits per heavy atom. The topological polar surface area (TPSA) is 39.2 Å². The SMILES string of the molecule is Cc1cncc(C(C)C(=O)OC(C)(C)C)c1. The predicted octanol–water partition coefficient (Wildman–Crippen LogP) is 2.84. The number of pyridine rings is 1. The number of carbonyl (C=O) groups excluding carboxylic acids is 1. The van der Waals surface area contributed by atoms with Gasteiger partial charge in [-0.15, -0.1) is 0 Å². The lowest BCUT2D eigenvalue weighted by Crippen LogP contribution is -2.26. The zero-order valence-electron chi connectivity index (χ0n) is 10.6. The van der Waals surface area contributed by atoms with Crippen LogP contribution in [0.1, 0.15) is 44.7 Å². The predicted molar refractivity (Wildman–Crippen MR) is 63.2 cm³/mol. The monoisotopic (exact) mass is 221 g/mol. The first-order valence-electron chi connectivity index (χ1n) is 5.44. The molecule has 0 aromatic carbocycles. The van der Waals surface area contributed by atoms with E-state index in [0.717, 1.165) is 11.1 Å². The summed E-state index contributed by atoms with van der Waals surface area (Å²) in [6.45, 7) is 9.40. The Kier molecular flexibility index (Phi) is 3.68. The molecule has 0 N–H and O–H groups in total. The fraction of sp³-hybridized carbons (Fsp3) is 0.538. The van der Waals surface area contributed by atoms with E-state index in [9.17, 15) is 4.79 Å². The Bertz CT molecular complexity index is 380. The Balaban J connectivity index is 2.78. The highest BCUT2D eigenvalue weighted by molar-refractivity contribution is 5.77. The normalized spacial score (nSPS) is 13.3. The fourth-order valence-electron chi connectivity index (χ4n) is 1.34. The van der Waals surface area contributed by atoms with E-state index >= 15 is 0 Å². The standard InChI is InChI=1S/C13H19NO2/c1-9-6-11(8-14-7-9)10(2)12(15)16-13(3,4)5/h6-8,10H,1-5H3. The Morgan fingerprint density at radius 1 is 1.38 bits per heavy atom. The summed E-state index contributed by atoms with van der Waals surface area (Å²) in [7, 11) is 0. The molecule has 1 rings (SSSR count). The summed E-state index contributed by atoms with van der Waals surface area (Å²) in [6, 6.07) is 1.96. The van der Waals surface area contributed by atoms with Crippen molar-refractivity contribution in [1.29, 1.82) is 0 Å². The van der Waals surface area contributed by atoms with Gasteiger partial charge in [0, 0.05) is 12.4 Å². The molecule has 3 nitrogen and oxygen atoms in total. The third-order valence-electron chi connectivity index (χ3n) is 2.16. The molecule has 0 aliphatic rings. The number of aromatic nitrogens is 1. The maximum absolute atomic E-state index is 11.8. The van der Waals surface area contributed by atoms with E-state index in [-0.39, 0.29) is 11.9 Å². The summed E-state index contributed by atoms with van der Waals surface area (Å²) in [6.07, 6.45) is 3.48. The second-order valence-electron chi connectivity index (χ2n) is 5.05. The van der Waals surface area contributed by atoms with E-state index in [2.05, 4.69) is 4.98 Å². The van der Waals surface area contributed by atoms with Gasteiger partial charge in [-0.1, -0.05) is 6.07 Å². The quantitative estimate of drug-likeness (QED) is 0.721. The number of hydrogen-bond donors (Lipinski definition) is 0. The number of carbonyl (C=O) groups is 1. The second-order valence-corrected chi connectivity index (χ2v) is 5.05. The average molecular weight is 221 g/mol. The summed E-state index contributed by atoms with van der Waals surface area (Å²) in [5.74, 6) is -0.480. The molecule has 1 unspecified atom stereocenters. The zero-order chi connectivity index (χ0) is 12.3. The summed E-state index contributed by atoms with van der Waals surface area (Å²) in [5.41, 5.74) is 1.50. The highest BCUT2D eigenvalue weighted by Gasteiger charge is 2.23. The molecule has 1 heterocycles. The number of rotatable bonds is 2. The number of esters is 1. The van der Waals surface area contributed by atoms with E-state index in [1.165, 1.54) is 0 Å². The lowest BCUT2D eigenvalue weighted by Gasteiger charge is -2.22. The average Bonchev–Trinajstić information content (AvgIpc) is 2.14. The van der Waals surface area contributed by atoms with Crippen LogP contribution in [0.4, 0.5) is 0 Å². The van der Waals surface area contributed by atoms with E-state index in [1.54, 1.807) is 12.4 Å². The number of nitrogens with zero attached hydrogens (tertiary/aromatic N) is 1. The van der Waals surface area contributed by atoms with Gasteiger partial charge in [0.15, 0.2) is 0 Å². The smallest absolute Gasteiger partial charge is 0.313 e. The largest absolute Gasteiger partial charge is 0.460 e. The molecule has 0 saturated heterocycles. The van der Waals surface area contributed by atoms with Crippen molar-refractivity contribution >= 4 is 5.97 Å². The zero-order valence-corrected chi connectivity index (χ0v) is 10.6. The highest BCUT2D eigenvalue weighted by atomic mass is 16.6. The van der Waals surface area contributed by atoms with Gasteiger partial charge in [0.2, 0.25) is 0 Å². The Morgan fingerprint density at radius 3 is 2.50 bits per heavy atom. The molecule has 0 aliphatic heterocycles. The summed E-state index contributed by atoms with van der Waals surface area (Å²) in [4.78, 5) is 15.9. The van der Waals surface area contributed by atoms with Crippen LogP contribution in [-0.4, -0.2) is 16.6 Å². The molecule has 0 amide bonds. The van der Waals surface area contributed by atoms with Crippen molar-refractivity contribution in [3.8, 4) is 0 Å². The van der Waals surface area contributed by atoms with Crippen molar-refractivity contribution in [3.05, 3.63) is 29.6 Å². The van der Waals surface area contributed by atoms with E-state index in [1.807, 2.05) is 40.7 Å². The van der Waals surface area contributed by atoms with Crippen molar-refractivity contribution in [2.45, 2.75) is 46.1 Å². The van der Waals surface area contributed by atoms with Crippen LogP contribution in [0.5, 0.6) is 0 Å². The van der Waals surface area contributed by atoms with Crippen LogP contribution < -0.4 is 0 Å². The summed E-state index contributed by atoms with van der Waals surface area (Å²) < 4.78 is 5.33. The first-order valence-corrected chi connectivity index (χ1v) is 5.44. The van der Waals surface area contributed by atoms with Crippen LogP contribution in [0.15, 0.2) is 18.5 Å². The van der Waals surface area contributed by atoms with Gasteiger partial charge >= 0.3 is 5.97 Å². The molecule has 1 aromatic rings. The molecule has 16 heavy (non-hydrogen) atoms. The molecule has 1 aromatic heterocycles. The van der Waals surface area contributed by atoms with Crippen LogP contribution >= 0.6 is 0 Å². The van der Waals surface area contributed by atoms with Crippen molar-refractivity contribution in [1.82, 2.24) is 4.98 Å². The Hall–Kier alpha value is -1.38. The van der Waals surface area contributed by atoms with Gasteiger partial charge in [0.05, 0.1) is 5.92 Å². The second kappa shape index (κ2) is 4.64. The van der Waals surface area contributed by atoms with Gasteiger partial charge < -0.3 is 4.74 Å². The van der Waals surface area contributed by atoms with Gasteiger partial charge in [-0.3, -0.25) is 9.78 Å². The van der Waals surface area contributed by atoms with Gasteiger partial charge in [-0.25, -0.2) is 0 Å². The van der Waals surface area contributed by atoms with Crippen LogP contribution in [-0.2, 0) is 9.53 Å². The third kappa shape index (κ3) is 3.65. The number of ether oxygens (including phenoxy) is 1. The van der Waals surface area contributed by atoms with E-state index < -0.39 is 5.60 Å². The van der Waals surface area contributed by atoms with Crippen molar-refractivity contribution in [3.63, 3.8) is 0 Å². The van der Waals surface area contributed by atoms with Gasteiger partial charge in [-0.05, 0) is 45.7 Å². The fourth-order valence-corrected chi connectivity index (χ4v) is 1.34. The maximum Gasteiger partial charge on any atom is 0.313 e. The molecular formula is C13H19NO2. The molecule has 0 aliphatic carbocycles. The van der Waals surface area contributed by atoms with Crippen molar-refractivity contribution in [2.24, 2.45) is 0 Å². The minimum absolute atomic E-state index is 0.208. The van der Waals surface area contributed by atoms with Crippen molar-refractivity contribution in [2.75, 3.05) is 0 Å². The van der Waals surface area contributed by atoms with Gasteiger partial charge in [0.1, 0.15) is 5.60 Å². The van der Waals surface area contributed by atoms with E-state index in [0.29, 0.717) is 0 Å². The lowest BCUT2D eigenvalue weighted by atomic mass is 10.0. The van der Waals surface area contributed by atoms with Crippen LogP contribution in [0.25, 0.3) is 0 Å². The molecule has 0 saturated carbocycles. The molecule has 0 fully saturated rings. The third-order valence-corrected chi connectivity index (χ3v) is 2.16. The number of aryl methyl sites for hydroxylation is 1. The highest BCUT2D eigenvalue weighted by Crippen LogP contribution is 2.20.